The smallest absolute Gasteiger partial charge is 0.253 e. The van der Waals surface area contributed by atoms with Crippen molar-refractivity contribution in [2.24, 2.45) is 0 Å². The van der Waals surface area contributed by atoms with Crippen LogP contribution in [-0.4, -0.2) is 53.0 Å². The summed E-state index contributed by atoms with van der Waals surface area (Å²) in [4.78, 5) is 26.2. The Bertz CT molecular complexity index is 922. The summed E-state index contributed by atoms with van der Waals surface area (Å²) in [6.07, 6.45) is 6.23. The van der Waals surface area contributed by atoms with Crippen molar-refractivity contribution in [3.05, 3.63) is 47.2 Å². The molecule has 1 saturated heterocycles. The third-order valence-electron chi connectivity index (χ3n) is 5.93. The first-order valence-corrected chi connectivity index (χ1v) is 10.8. The zero-order chi connectivity index (χ0) is 20.9. The first-order chi connectivity index (χ1) is 14.6. The lowest BCUT2D eigenvalue weighted by atomic mass is 9.96. The first kappa shape index (κ1) is 20.1. The molecule has 0 bridgehead atoms. The molecule has 1 saturated carbocycles. The van der Waals surface area contributed by atoms with Crippen molar-refractivity contribution in [1.29, 1.82) is 5.26 Å². The Labute approximate surface area is 177 Å². The molecule has 2 heterocycles. The molecule has 2 aliphatic rings. The average Bonchev–Trinajstić information content (AvgIpc) is 2.79. The monoisotopic (exact) mass is 404 g/mol. The van der Waals surface area contributed by atoms with Crippen LogP contribution in [0.5, 0.6) is 0 Å². The summed E-state index contributed by atoms with van der Waals surface area (Å²) >= 11 is 0. The number of hydrogen-bond acceptors (Lipinski definition) is 6. The summed E-state index contributed by atoms with van der Waals surface area (Å²) in [5.41, 5.74) is 2.14. The third kappa shape index (κ3) is 4.70. The number of hydrogen-bond donors (Lipinski definition) is 1. The Balaban J connectivity index is 1.38. The van der Waals surface area contributed by atoms with E-state index < -0.39 is 0 Å². The number of anilines is 2. The van der Waals surface area contributed by atoms with Crippen molar-refractivity contribution >= 4 is 17.7 Å². The number of amides is 1. The van der Waals surface area contributed by atoms with Crippen molar-refractivity contribution in [1.82, 2.24) is 14.9 Å². The molecular formula is C23H28N6O. The second-order valence-electron chi connectivity index (χ2n) is 8.14. The fraction of sp³-hybridized carbons (Fsp3) is 0.478. The van der Waals surface area contributed by atoms with Gasteiger partial charge in [0.15, 0.2) is 0 Å². The van der Waals surface area contributed by atoms with E-state index in [1.54, 1.807) is 24.3 Å². The highest BCUT2D eigenvalue weighted by molar-refractivity contribution is 5.94. The van der Waals surface area contributed by atoms with Crippen LogP contribution in [0.3, 0.4) is 0 Å². The van der Waals surface area contributed by atoms with Gasteiger partial charge in [-0.1, -0.05) is 19.3 Å². The lowest BCUT2D eigenvalue weighted by molar-refractivity contribution is 0.0746. The maximum Gasteiger partial charge on any atom is 0.253 e. The number of benzene rings is 1. The molecule has 2 aromatic rings. The van der Waals surface area contributed by atoms with Crippen molar-refractivity contribution in [2.75, 3.05) is 36.4 Å². The molecule has 1 aliphatic heterocycles. The van der Waals surface area contributed by atoms with Crippen LogP contribution in [0.25, 0.3) is 0 Å². The Kier molecular flexibility index (Phi) is 6.12. The average molecular weight is 405 g/mol. The molecule has 0 spiro atoms. The molecule has 7 heteroatoms. The Morgan fingerprint density at radius 2 is 1.77 bits per heavy atom. The molecule has 30 heavy (non-hydrogen) atoms. The van der Waals surface area contributed by atoms with E-state index >= 15 is 0 Å². The molecule has 0 radical (unpaired) electrons. The van der Waals surface area contributed by atoms with Crippen LogP contribution in [0.2, 0.25) is 0 Å². The van der Waals surface area contributed by atoms with Crippen LogP contribution >= 0.6 is 0 Å². The first-order valence-electron chi connectivity index (χ1n) is 10.8. The maximum absolute atomic E-state index is 12.8. The van der Waals surface area contributed by atoms with E-state index in [0.29, 0.717) is 36.2 Å². The second kappa shape index (κ2) is 9.12. The molecule has 156 valence electrons. The van der Waals surface area contributed by atoms with Crippen LogP contribution < -0.4 is 10.2 Å². The minimum Gasteiger partial charge on any atom is -0.353 e. The highest BCUT2D eigenvalue weighted by atomic mass is 16.2. The van der Waals surface area contributed by atoms with Gasteiger partial charge in [-0.15, -0.1) is 0 Å². The van der Waals surface area contributed by atoms with Crippen molar-refractivity contribution < 1.29 is 4.79 Å². The van der Waals surface area contributed by atoms with Gasteiger partial charge < -0.3 is 15.1 Å². The van der Waals surface area contributed by atoms with Gasteiger partial charge in [0.05, 0.1) is 11.6 Å². The van der Waals surface area contributed by atoms with Crippen LogP contribution in [0.15, 0.2) is 30.3 Å². The zero-order valence-electron chi connectivity index (χ0n) is 17.5. The molecule has 1 aromatic heterocycles. The van der Waals surface area contributed by atoms with Crippen LogP contribution in [0, 0.1) is 18.3 Å². The highest BCUT2D eigenvalue weighted by Crippen LogP contribution is 2.22. The fourth-order valence-corrected chi connectivity index (χ4v) is 4.22. The van der Waals surface area contributed by atoms with E-state index in [1.807, 2.05) is 17.9 Å². The second-order valence-corrected chi connectivity index (χ2v) is 8.14. The minimum atomic E-state index is 0.0117. The standard InChI is InChI=1S/C23H28N6O/c1-17-15-21(27-23(25-17)26-20-5-3-2-4-6-20)28-11-13-29(14-12-28)22(30)19-9-7-18(16-24)8-10-19/h7-10,15,20H,2-6,11-14H2,1H3,(H,25,26,27). The molecule has 0 unspecified atom stereocenters. The largest absolute Gasteiger partial charge is 0.353 e. The van der Waals surface area contributed by atoms with Crippen molar-refractivity contribution in [2.45, 2.75) is 45.1 Å². The van der Waals surface area contributed by atoms with E-state index in [-0.39, 0.29) is 5.91 Å². The summed E-state index contributed by atoms with van der Waals surface area (Å²) in [6, 6.07) is 11.4. The SMILES string of the molecule is Cc1cc(N2CCN(C(=O)c3ccc(C#N)cc3)CC2)nc(NC2CCCCC2)n1. The van der Waals surface area contributed by atoms with E-state index in [0.717, 1.165) is 24.6 Å². The summed E-state index contributed by atoms with van der Waals surface area (Å²) < 4.78 is 0. The molecule has 7 nitrogen and oxygen atoms in total. The maximum atomic E-state index is 12.8. The van der Waals surface area contributed by atoms with Gasteiger partial charge in [0, 0.05) is 49.5 Å². The third-order valence-corrected chi connectivity index (χ3v) is 5.93. The van der Waals surface area contributed by atoms with E-state index in [9.17, 15) is 4.79 Å². The van der Waals surface area contributed by atoms with Gasteiger partial charge in [-0.05, 0) is 44.0 Å². The summed E-state index contributed by atoms with van der Waals surface area (Å²) in [7, 11) is 0. The van der Waals surface area contributed by atoms with Gasteiger partial charge in [-0.3, -0.25) is 4.79 Å². The number of aromatic nitrogens is 2. The van der Waals surface area contributed by atoms with Gasteiger partial charge >= 0.3 is 0 Å². The minimum absolute atomic E-state index is 0.0117. The normalized spacial score (nSPS) is 17.5. The lowest BCUT2D eigenvalue weighted by Crippen LogP contribution is -2.49. The van der Waals surface area contributed by atoms with Gasteiger partial charge in [0.2, 0.25) is 5.95 Å². The van der Waals surface area contributed by atoms with E-state index in [1.165, 1.54) is 32.1 Å². The van der Waals surface area contributed by atoms with Crippen LogP contribution in [-0.2, 0) is 0 Å². The molecular weight excluding hydrogens is 376 g/mol. The van der Waals surface area contributed by atoms with Gasteiger partial charge in [0.25, 0.3) is 5.91 Å². The number of aryl methyl sites for hydroxylation is 1. The summed E-state index contributed by atoms with van der Waals surface area (Å²) in [5.74, 6) is 1.65. The molecule has 0 atom stereocenters. The Hall–Kier alpha value is -3.14. The number of piperazine rings is 1. The lowest BCUT2D eigenvalue weighted by Gasteiger charge is -2.35. The number of nitrogens with zero attached hydrogens (tertiary/aromatic N) is 5. The zero-order valence-corrected chi connectivity index (χ0v) is 17.5. The van der Waals surface area contributed by atoms with Gasteiger partial charge in [-0.25, -0.2) is 4.98 Å². The fourth-order valence-electron chi connectivity index (χ4n) is 4.22. The quantitative estimate of drug-likeness (QED) is 0.841. The van der Waals surface area contributed by atoms with E-state index in [4.69, 9.17) is 10.2 Å². The molecule has 2 fully saturated rings. The highest BCUT2D eigenvalue weighted by Gasteiger charge is 2.24. The van der Waals surface area contributed by atoms with Crippen molar-refractivity contribution in [3.63, 3.8) is 0 Å². The van der Waals surface area contributed by atoms with Crippen LogP contribution in [0.4, 0.5) is 11.8 Å². The predicted octanol–water partition coefficient (Wildman–Crippen LogP) is 3.36. The Morgan fingerprint density at radius 1 is 1.07 bits per heavy atom. The molecule has 1 amide bonds. The summed E-state index contributed by atoms with van der Waals surface area (Å²) in [6.45, 7) is 4.77. The predicted molar refractivity (Wildman–Crippen MR) is 117 cm³/mol. The number of carbonyl (C=O) groups excluding carboxylic acids is 1. The molecule has 1 aromatic carbocycles. The van der Waals surface area contributed by atoms with E-state index in [2.05, 4.69) is 21.3 Å². The number of nitrogens with one attached hydrogen (secondary N) is 1. The van der Waals surface area contributed by atoms with Crippen LogP contribution in [0.1, 0.15) is 53.7 Å². The molecule has 1 aliphatic carbocycles. The topological polar surface area (TPSA) is 85.2 Å². The summed E-state index contributed by atoms with van der Waals surface area (Å²) in [5, 5.41) is 12.4. The number of rotatable bonds is 4. The molecule has 1 N–H and O–H groups in total. The number of nitriles is 1. The van der Waals surface area contributed by atoms with Gasteiger partial charge in [-0.2, -0.15) is 10.2 Å². The number of carbonyl (C=O) groups is 1. The van der Waals surface area contributed by atoms with Gasteiger partial charge in [0.1, 0.15) is 5.82 Å². The molecule has 4 rings (SSSR count). The Morgan fingerprint density at radius 3 is 2.43 bits per heavy atom. The van der Waals surface area contributed by atoms with Crippen molar-refractivity contribution in [3.8, 4) is 6.07 Å².